The Bertz CT molecular complexity index is 353. The summed E-state index contributed by atoms with van der Waals surface area (Å²) in [5.74, 6) is 1.56. The van der Waals surface area contributed by atoms with Gasteiger partial charge in [0.1, 0.15) is 17.7 Å². The van der Waals surface area contributed by atoms with Gasteiger partial charge in [0, 0.05) is 6.04 Å². The monoisotopic (exact) mass is 237 g/mol. The number of ether oxygens (including phenoxy) is 1. The highest BCUT2D eigenvalue weighted by molar-refractivity contribution is 5.22. The summed E-state index contributed by atoms with van der Waals surface area (Å²) in [6.45, 7) is 4.40. The first kappa shape index (κ1) is 12.4. The van der Waals surface area contributed by atoms with Crippen LogP contribution >= 0.6 is 0 Å². The van der Waals surface area contributed by atoms with Crippen molar-refractivity contribution < 1.29 is 9.13 Å². The van der Waals surface area contributed by atoms with E-state index in [1.807, 2.05) is 0 Å². The smallest absolute Gasteiger partial charge is 0.123 e. The van der Waals surface area contributed by atoms with E-state index in [4.69, 9.17) is 10.5 Å². The zero-order chi connectivity index (χ0) is 12.4. The Morgan fingerprint density at radius 1 is 1.18 bits per heavy atom. The molecule has 0 saturated heterocycles. The molecule has 0 radical (unpaired) electrons. The second-order valence-corrected chi connectivity index (χ2v) is 5.25. The molecule has 0 spiro atoms. The maximum atomic E-state index is 12.8. The molecule has 2 N–H and O–H groups in total. The zero-order valence-electron chi connectivity index (χ0n) is 10.4. The highest BCUT2D eigenvalue weighted by Gasteiger charge is 2.33. The summed E-state index contributed by atoms with van der Waals surface area (Å²) < 4.78 is 18.7. The molecular weight excluding hydrogens is 217 g/mol. The lowest BCUT2D eigenvalue weighted by Gasteiger charge is -2.37. The quantitative estimate of drug-likeness (QED) is 0.858. The fourth-order valence-electron chi connectivity index (χ4n) is 2.76. The van der Waals surface area contributed by atoms with Gasteiger partial charge in [-0.15, -0.1) is 0 Å². The molecule has 2 nitrogen and oxygen atoms in total. The molecule has 1 aromatic carbocycles. The van der Waals surface area contributed by atoms with Crippen molar-refractivity contribution in [2.75, 3.05) is 0 Å². The lowest BCUT2D eigenvalue weighted by molar-refractivity contribution is 0.0625. The molecule has 0 aromatic heterocycles. The Kier molecular flexibility index (Phi) is 3.67. The van der Waals surface area contributed by atoms with E-state index in [9.17, 15) is 4.39 Å². The standard InChI is InChI=1S/C14H20FNO/c1-9-7-10(2)14(13(16)8-9)17-12-5-3-11(15)4-6-12/h3-6,9-10,13-14H,7-8,16H2,1-2H3. The van der Waals surface area contributed by atoms with E-state index in [1.165, 1.54) is 12.1 Å². The van der Waals surface area contributed by atoms with Gasteiger partial charge in [-0.25, -0.2) is 4.39 Å². The molecule has 0 aliphatic heterocycles. The topological polar surface area (TPSA) is 35.2 Å². The molecule has 4 unspecified atom stereocenters. The first-order valence-corrected chi connectivity index (χ1v) is 6.24. The Morgan fingerprint density at radius 3 is 2.41 bits per heavy atom. The van der Waals surface area contributed by atoms with Gasteiger partial charge in [0.25, 0.3) is 0 Å². The third-order valence-corrected chi connectivity index (χ3v) is 3.52. The van der Waals surface area contributed by atoms with Crippen molar-refractivity contribution in [2.24, 2.45) is 17.6 Å². The van der Waals surface area contributed by atoms with Gasteiger partial charge >= 0.3 is 0 Å². The number of nitrogens with two attached hydrogens (primary N) is 1. The van der Waals surface area contributed by atoms with Crippen molar-refractivity contribution in [3.05, 3.63) is 30.1 Å². The van der Waals surface area contributed by atoms with E-state index in [0.717, 1.165) is 12.8 Å². The van der Waals surface area contributed by atoms with Crippen LogP contribution in [0.4, 0.5) is 4.39 Å². The third-order valence-electron chi connectivity index (χ3n) is 3.52. The number of hydrogen-bond donors (Lipinski definition) is 1. The van der Waals surface area contributed by atoms with Crippen LogP contribution < -0.4 is 10.5 Å². The fraction of sp³-hybridized carbons (Fsp3) is 0.571. The van der Waals surface area contributed by atoms with Crippen LogP contribution in [0.5, 0.6) is 5.75 Å². The minimum absolute atomic E-state index is 0.0386. The van der Waals surface area contributed by atoms with E-state index in [0.29, 0.717) is 17.6 Å². The molecule has 1 fully saturated rings. The number of halogens is 1. The van der Waals surface area contributed by atoms with E-state index in [2.05, 4.69) is 13.8 Å². The SMILES string of the molecule is CC1CC(C)C(Oc2ccc(F)cc2)C(N)C1. The van der Waals surface area contributed by atoms with Gasteiger partial charge in [-0.3, -0.25) is 0 Å². The van der Waals surface area contributed by atoms with E-state index in [-0.39, 0.29) is 18.0 Å². The summed E-state index contributed by atoms with van der Waals surface area (Å²) in [4.78, 5) is 0. The Labute approximate surface area is 102 Å². The summed E-state index contributed by atoms with van der Waals surface area (Å²) in [6.07, 6.45) is 2.17. The van der Waals surface area contributed by atoms with Gasteiger partial charge in [-0.05, 0) is 48.9 Å². The Hall–Kier alpha value is -1.09. The second-order valence-electron chi connectivity index (χ2n) is 5.25. The van der Waals surface area contributed by atoms with Gasteiger partial charge in [-0.2, -0.15) is 0 Å². The van der Waals surface area contributed by atoms with Crippen molar-refractivity contribution in [1.29, 1.82) is 0 Å². The molecule has 1 saturated carbocycles. The fourth-order valence-corrected chi connectivity index (χ4v) is 2.76. The van der Waals surface area contributed by atoms with Crippen LogP contribution in [0.3, 0.4) is 0 Å². The van der Waals surface area contributed by atoms with Crippen molar-refractivity contribution in [2.45, 2.75) is 38.8 Å². The van der Waals surface area contributed by atoms with Gasteiger partial charge in [-0.1, -0.05) is 13.8 Å². The van der Waals surface area contributed by atoms with Crippen molar-refractivity contribution in [1.82, 2.24) is 0 Å². The molecule has 1 aromatic rings. The molecular formula is C14H20FNO. The van der Waals surface area contributed by atoms with Crippen LogP contribution in [0.15, 0.2) is 24.3 Å². The summed E-state index contributed by atoms with van der Waals surface area (Å²) >= 11 is 0. The number of hydrogen-bond acceptors (Lipinski definition) is 2. The lowest BCUT2D eigenvalue weighted by atomic mass is 9.78. The van der Waals surface area contributed by atoms with E-state index < -0.39 is 0 Å². The van der Waals surface area contributed by atoms with Crippen LogP contribution in [0.2, 0.25) is 0 Å². The van der Waals surface area contributed by atoms with Crippen LogP contribution in [-0.4, -0.2) is 12.1 Å². The molecule has 94 valence electrons. The van der Waals surface area contributed by atoms with E-state index >= 15 is 0 Å². The Balaban J connectivity index is 2.04. The predicted molar refractivity (Wildman–Crippen MR) is 66.4 cm³/mol. The molecule has 0 amide bonds. The predicted octanol–water partition coefficient (Wildman–Crippen LogP) is 2.97. The maximum Gasteiger partial charge on any atom is 0.123 e. The van der Waals surface area contributed by atoms with Crippen molar-refractivity contribution in [3.63, 3.8) is 0 Å². The van der Waals surface area contributed by atoms with Crippen LogP contribution in [-0.2, 0) is 0 Å². The molecule has 4 atom stereocenters. The molecule has 2 rings (SSSR count). The van der Waals surface area contributed by atoms with Crippen LogP contribution in [0.25, 0.3) is 0 Å². The normalized spacial score (nSPS) is 33.4. The minimum Gasteiger partial charge on any atom is -0.489 e. The first-order chi connectivity index (χ1) is 8.06. The van der Waals surface area contributed by atoms with Crippen molar-refractivity contribution >= 4 is 0 Å². The molecule has 3 heteroatoms. The Morgan fingerprint density at radius 2 is 1.82 bits per heavy atom. The second kappa shape index (κ2) is 5.05. The molecule has 17 heavy (non-hydrogen) atoms. The minimum atomic E-state index is -0.244. The molecule has 0 bridgehead atoms. The summed E-state index contributed by atoms with van der Waals surface area (Å²) in [5.41, 5.74) is 6.14. The van der Waals surface area contributed by atoms with Gasteiger partial charge < -0.3 is 10.5 Å². The average Bonchev–Trinajstić information content (AvgIpc) is 2.26. The average molecular weight is 237 g/mol. The van der Waals surface area contributed by atoms with Gasteiger partial charge in [0.15, 0.2) is 0 Å². The largest absolute Gasteiger partial charge is 0.489 e. The van der Waals surface area contributed by atoms with E-state index in [1.54, 1.807) is 12.1 Å². The summed E-state index contributed by atoms with van der Waals surface area (Å²) in [5, 5.41) is 0. The van der Waals surface area contributed by atoms with Crippen LogP contribution in [0.1, 0.15) is 26.7 Å². The zero-order valence-corrected chi connectivity index (χ0v) is 10.4. The lowest BCUT2D eigenvalue weighted by Crippen LogP contribution is -2.48. The third kappa shape index (κ3) is 2.97. The summed E-state index contributed by atoms with van der Waals surface area (Å²) in [7, 11) is 0. The van der Waals surface area contributed by atoms with Gasteiger partial charge in [0.05, 0.1) is 0 Å². The maximum absolute atomic E-state index is 12.8. The molecule has 1 aliphatic rings. The van der Waals surface area contributed by atoms with Crippen molar-refractivity contribution in [3.8, 4) is 5.75 Å². The highest BCUT2D eigenvalue weighted by Crippen LogP contribution is 2.31. The number of benzene rings is 1. The highest BCUT2D eigenvalue weighted by atomic mass is 19.1. The van der Waals surface area contributed by atoms with Gasteiger partial charge in [0.2, 0.25) is 0 Å². The first-order valence-electron chi connectivity index (χ1n) is 6.24. The summed E-state index contributed by atoms with van der Waals surface area (Å²) in [6, 6.07) is 6.21. The number of rotatable bonds is 2. The van der Waals surface area contributed by atoms with Crippen LogP contribution in [0, 0.1) is 17.7 Å². The molecule has 0 heterocycles. The molecule has 1 aliphatic carbocycles.